The molecule has 1 atom stereocenters. The molecule has 0 radical (unpaired) electrons. The minimum Gasteiger partial charge on any atom is -0.380 e. The highest BCUT2D eigenvalue weighted by Gasteiger charge is 2.30. The molecule has 0 spiro atoms. The van der Waals surface area contributed by atoms with Crippen LogP contribution < -0.4 is 10.2 Å². The van der Waals surface area contributed by atoms with Gasteiger partial charge in [-0.05, 0) is 60.4 Å². The average Bonchev–Trinajstić information content (AvgIpc) is 3.18. The molecule has 2 aliphatic rings. The Bertz CT molecular complexity index is 939. The maximum atomic E-state index is 9.26. The molecule has 0 aliphatic carbocycles. The molecule has 2 aliphatic heterocycles. The lowest BCUT2D eigenvalue weighted by molar-refractivity contribution is 0.725. The third-order valence-electron chi connectivity index (χ3n) is 5.19. The van der Waals surface area contributed by atoms with Gasteiger partial charge in [0, 0.05) is 18.7 Å². The van der Waals surface area contributed by atoms with Crippen molar-refractivity contribution in [1.29, 1.82) is 5.26 Å². The molecule has 0 bridgehead atoms. The number of aryl methyl sites for hydroxylation is 1. The zero-order chi connectivity index (χ0) is 20.1. The van der Waals surface area contributed by atoms with Gasteiger partial charge in [-0.15, -0.1) is 0 Å². The molecule has 2 aromatic rings. The van der Waals surface area contributed by atoms with Gasteiger partial charge in [-0.2, -0.15) is 5.26 Å². The third kappa shape index (κ3) is 3.81. The van der Waals surface area contributed by atoms with Crippen molar-refractivity contribution in [3.63, 3.8) is 0 Å². The van der Waals surface area contributed by atoms with E-state index in [9.17, 15) is 5.26 Å². The molecule has 2 heterocycles. The van der Waals surface area contributed by atoms with Crippen molar-refractivity contribution < 1.29 is 0 Å². The first-order chi connectivity index (χ1) is 13.7. The molecule has 144 valence electrons. The van der Waals surface area contributed by atoms with E-state index in [1.807, 2.05) is 51.2 Å². The number of hydrogen-bond acceptors (Lipinski definition) is 3. The van der Waals surface area contributed by atoms with Crippen LogP contribution in [0.4, 0.5) is 5.69 Å². The first kappa shape index (κ1) is 20.1. The second kappa shape index (κ2) is 9.03. The number of benzene rings is 2. The molecule has 3 nitrogen and oxygen atoms in total. The molecule has 4 heteroatoms. The molecule has 0 saturated heterocycles. The predicted molar refractivity (Wildman–Crippen MR) is 121 cm³/mol. The van der Waals surface area contributed by atoms with Gasteiger partial charge < -0.3 is 10.2 Å². The fourth-order valence-electron chi connectivity index (χ4n) is 4.02. The highest BCUT2D eigenvalue weighted by molar-refractivity contribution is 7.80. The van der Waals surface area contributed by atoms with Crippen molar-refractivity contribution in [1.82, 2.24) is 5.32 Å². The lowest BCUT2D eigenvalue weighted by Gasteiger charge is -2.29. The van der Waals surface area contributed by atoms with E-state index in [4.69, 9.17) is 12.2 Å². The van der Waals surface area contributed by atoms with Gasteiger partial charge in [-0.1, -0.05) is 56.4 Å². The Kier molecular flexibility index (Phi) is 6.49. The molecule has 28 heavy (non-hydrogen) atoms. The molecule has 0 aromatic heterocycles. The SMILES string of the molecule is C/C=C\NC(c1cccc(C#N)c1)c1cc2c3c(c1)CCN3C(=S)CC2.CC. The smallest absolute Gasteiger partial charge is 0.0991 e. The number of nitrogens with one attached hydrogen (secondary N) is 1. The molecule has 2 aromatic carbocycles. The monoisotopic (exact) mass is 389 g/mol. The molecular formula is C24H27N3S. The summed E-state index contributed by atoms with van der Waals surface area (Å²) in [6.45, 7) is 7.00. The summed E-state index contributed by atoms with van der Waals surface area (Å²) in [4.78, 5) is 3.40. The zero-order valence-corrected chi connectivity index (χ0v) is 17.6. The van der Waals surface area contributed by atoms with Crippen LogP contribution in [0.5, 0.6) is 0 Å². The fraction of sp³-hybridized carbons (Fsp3) is 0.333. The molecule has 0 amide bonds. The van der Waals surface area contributed by atoms with Crippen molar-refractivity contribution in [3.05, 3.63) is 76.5 Å². The standard InChI is InChI=1S/C22H21N3S.C2H6/c1-2-9-24-21(16-5-3-4-15(11-16)14-23)19-12-17-6-7-20(26)25-10-8-18(13-19)22(17)25;1-2/h2-5,9,11-13,21,24H,6-8,10H2,1H3;1-2H3/b9-2-;. The summed E-state index contributed by atoms with van der Waals surface area (Å²) in [6, 6.07) is 14.8. The Morgan fingerprint density at radius 2 is 1.86 bits per heavy atom. The van der Waals surface area contributed by atoms with E-state index in [0.717, 1.165) is 36.4 Å². The minimum absolute atomic E-state index is 0.0315. The van der Waals surface area contributed by atoms with Crippen molar-refractivity contribution in [2.75, 3.05) is 11.4 Å². The highest BCUT2D eigenvalue weighted by Crippen LogP contribution is 2.39. The Balaban J connectivity index is 0.00000109. The van der Waals surface area contributed by atoms with Crippen LogP contribution in [0.3, 0.4) is 0 Å². The Labute approximate surface area is 173 Å². The van der Waals surface area contributed by atoms with Gasteiger partial charge in [-0.25, -0.2) is 0 Å². The molecule has 4 rings (SSSR count). The summed E-state index contributed by atoms with van der Waals surface area (Å²) in [5, 5.41) is 12.8. The first-order valence-electron chi connectivity index (χ1n) is 10.0. The molecule has 0 fully saturated rings. The van der Waals surface area contributed by atoms with Gasteiger partial charge >= 0.3 is 0 Å². The fourth-order valence-corrected chi connectivity index (χ4v) is 4.30. The van der Waals surface area contributed by atoms with Crippen LogP contribution in [0.2, 0.25) is 0 Å². The first-order valence-corrected chi connectivity index (χ1v) is 10.5. The number of hydrogen-bond donors (Lipinski definition) is 1. The average molecular weight is 390 g/mol. The van der Waals surface area contributed by atoms with Crippen LogP contribution in [-0.2, 0) is 12.8 Å². The van der Waals surface area contributed by atoms with E-state index in [1.165, 1.54) is 22.4 Å². The topological polar surface area (TPSA) is 39.1 Å². The summed E-state index contributed by atoms with van der Waals surface area (Å²) in [6.07, 6.45) is 7.00. The molecular weight excluding hydrogens is 362 g/mol. The van der Waals surface area contributed by atoms with Gasteiger partial charge in [0.15, 0.2) is 0 Å². The number of thiocarbonyl (C=S) groups is 1. The number of nitriles is 1. The predicted octanol–water partition coefficient (Wildman–Crippen LogP) is 5.43. The maximum Gasteiger partial charge on any atom is 0.0991 e. The summed E-state index contributed by atoms with van der Waals surface area (Å²) in [5.41, 5.74) is 7.18. The van der Waals surface area contributed by atoms with E-state index in [0.29, 0.717) is 5.56 Å². The minimum atomic E-state index is 0.0315. The highest BCUT2D eigenvalue weighted by atomic mass is 32.1. The van der Waals surface area contributed by atoms with Crippen molar-refractivity contribution in [3.8, 4) is 6.07 Å². The second-order valence-electron chi connectivity index (χ2n) is 6.82. The maximum absolute atomic E-state index is 9.26. The Morgan fingerprint density at radius 1 is 1.11 bits per heavy atom. The number of rotatable bonds is 4. The normalized spacial score (nSPS) is 15.5. The van der Waals surface area contributed by atoms with Crippen molar-refractivity contribution in [2.45, 2.75) is 46.1 Å². The van der Waals surface area contributed by atoms with Gasteiger partial charge in [0.2, 0.25) is 0 Å². The number of anilines is 1. The second-order valence-corrected chi connectivity index (χ2v) is 7.29. The van der Waals surface area contributed by atoms with Crippen LogP contribution in [0.25, 0.3) is 0 Å². The summed E-state index contributed by atoms with van der Waals surface area (Å²) in [7, 11) is 0. The van der Waals surface area contributed by atoms with Crippen LogP contribution in [0, 0.1) is 11.3 Å². The largest absolute Gasteiger partial charge is 0.380 e. The number of nitrogens with zero attached hydrogens (tertiary/aromatic N) is 2. The van der Waals surface area contributed by atoms with Crippen LogP contribution in [-0.4, -0.2) is 11.5 Å². The summed E-state index contributed by atoms with van der Waals surface area (Å²) >= 11 is 5.56. The lowest BCUT2D eigenvalue weighted by atomic mass is 9.91. The van der Waals surface area contributed by atoms with Gasteiger partial charge in [0.1, 0.15) is 0 Å². The van der Waals surface area contributed by atoms with Gasteiger partial charge in [0.25, 0.3) is 0 Å². The summed E-state index contributed by atoms with van der Waals surface area (Å²) in [5.74, 6) is 0. The van der Waals surface area contributed by atoms with E-state index in [-0.39, 0.29) is 6.04 Å². The van der Waals surface area contributed by atoms with Crippen LogP contribution in [0.1, 0.15) is 61.1 Å². The van der Waals surface area contributed by atoms with Crippen molar-refractivity contribution in [2.24, 2.45) is 0 Å². The van der Waals surface area contributed by atoms with E-state index >= 15 is 0 Å². The number of allylic oxidation sites excluding steroid dienone is 1. The Hall–Kier alpha value is -2.64. The van der Waals surface area contributed by atoms with Crippen LogP contribution in [0.15, 0.2) is 48.7 Å². The van der Waals surface area contributed by atoms with Crippen molar-refractivity contribution >= 4 is 22.9 Å². The van der Waals surface area contributed by atoms with E-state index in [2.05, 4.69) is 34.5 Å². The summed E-state index contributed by atoms with van der Waals surface area (Å²) < 4.78 is 0. The molecule has 1 unspecified atom stereocenters. The van der Waals surface area contributed by atoms with Gasteiger partial charge in [-0.3, -0.25) is 0 Å². The quantitative estimate of drug-likeness (QED) is 0.708. The van der Waals surface area contributed by atoms with Gasteiger partial charge in [0.05, 0.1) is 22.7 Å². The van der Waals surface area contributed by atoms with Crippen LogP contribution >= 0.6 is 12.2 Å². The molecule has 1 N–H and O–H groups in total. The Morgan fingerprint density at radius 3 is 2.57 bits per heavy atom. The molecule has 0 saturated carbocycles. The lowest BCUT2D eigenvalue weighted by Crippen LogP contribution is -2.31. The third-order valence-corrected chi connectivity index (χ3v) is 5.61. The van der Waals surface area contributed by atoms with E-state index < -0.39 is 0 Å². The zero-order valence-electron chi connectivity index (χ0n) is 16.8. The van der Waals surface area contributed by atoms with E-state index in [1.54, 1.807) is 0 Å².